The number of nitrogen functional groups attached to an aromatic ring is 1. The zero-order valence-electron chi connectivity index (χ0n) is 16.3. The van der Waals surface area contributed by atoms with Crippen LogP contribution in [0.2, 0.25) is 0 Å². The standard InChI is InChI=1S/C22H22N6O2/c23-19-14-3-1-2-4-15(14)28-22(30)18(19)20-26-16-6-5-12(11-17(16)27-20)21(29)25-13-7-9-24-10-8-13/h1-6,11,13,24H,7-10H2,(H,25,29)(H,26,27)(H3,23,28,30). The van der Waals surface area contributed by atoms with Gasteiger partial charge in [-0.15, -0.1) is 0 Å². The van der Waals surface area contributed by atoms with Crippen molar-refractivity contribution in [2.45, 2.75) is 18.9 Å². The Hall–Kier alpha value is -3.65. The van der Waals surface area contributed by atoms with Crippen LogP contribution in [0.25, 0.3) is 33.3 Å². The minimum absolute atomic E-state index is 0.108. The summed E-state index contributed by atoms with van der Waals surface area (Å²) in [6, 6.07) is 12.8. The lowest BCUT2D eigenvalue weighted by atomic mass is 10.1. The lowest BCUT2D eigenvalue weighted by Crippen LogP contribution is -2.42. The van der Waals surface area contributed by atoms with Gasteiger partial charge in [-0.05, 0) is 50.2 Å². The fourth-order valence-corrected chi connectivity index (χ4v) is 4.01. The number of nitrogens with two attached hydrogens (primary N) is 1. The van der Waals surface area contributed by atoms with Crippen LogP contribution in [0.5, 0.6) is 0 Å². The number of hydrogen-bond donors (Lipinski definition) is 5. The summed E-state index contributed by atoms with van der Waals surface area (Å²) in [5, 5.41) is 7.13. The number of carbonyl (C=O) groups excluding carboxylic acids is 1. The summed E-state index contributed by atoms with van der Waals surface area (Å²) >= 11 is 0. The molecule has 6 N–H and O–H groups in total. The second kappa shape index (κ2) is 7.31. The molecule has 1 aliphatic heterocycles. The molecule has 0 bridgehead atoms. The van der Waals surface area contributed by atoms with E-state index in [2.05, 4.69) is 25.6 Å². The Morgan fingerprint density at radius 3 is 2.70 bits per heavy atom. The Morgan fingerprint density at radius 1 is 1.07 bits per heavy atom. The number of piperidine rings is 1. The normalized spacial score (nSPS) is 14.9. The second-order valence-corrected chi connectivity index (χ2v) is 7.60. The van der Waals surface area contributed by atoms with Crippen molar-refractivity contribution in [1.29, 1.82) is 0 Å². The quantitative estimate of drug-likeness (QED) is 0.359. The van der Waals surface area contributed by atoms with E-state index in [-0.39, 0.29) is 17.5 Å². The van der Waals surface area contributed by atoms with E-state index in [1.807, 2.05) is 24.3 Å². The number of carbonyl (C=O) groups is 1. The first-order valence-corrected chi connectivity index (χ1v) is 10.0. The van der Waals surface area contributed by atoms with Gasteiger partial charge in [0.15, 0.2) is 0 Å². The fourth-order valence-electron chi connectivity index (χ4n) is 4.01. The zero-order chi connectivity index (χ0) is 20.7. The number of benzene rings is 2. The third kappa shape index (κ3) is 3.21. The number of imidazole rings is 1. The number of nitrogens with one attached hydrogen (secondary N) is 4. The molecule has 0 atom stereocenters. The van der Waals surface area contributed by atoms with Crippen LogP contribution in [0.4, 0.5) is 5.69 Å². The zero-order valence-corrected chi connectivity index (χ0v) is 16.3. The number of rotatable bonds is 3. The lowest BCUT2D eigenvalue weighted by molar-refractivity contribution is 0.0929. The number of para-hydroxylation sites is 1. The van der Waals surface area contributed by atoms with Crippen LogP contribution < -0.4 is 21.9 Å². The Morgan fingerprint density at radius 2 is 1.87 bits per heavy atom. The molecule has 0 unspecified atom stereocenters. The van der Waals surface area contributed by atoms with E-state index < -0.39 is 0 Å². The molecular weight excluding hydrogens is 380 g/mol. The predicted octanol–water partition coefficient (Wildman–Crippen LogP) is 2.14. The fraction of sp³-hybridized carbons (Fsp3) is 0.227. The topological polar surface area (TPSA) is 129 Å². The van der Waals surface area contributed by atoms with Gasteiger partial charge in [0, 0.05) is 17.0 Å². The third-order valence-corrected chi connectivity index (χ3v) is 5.62. The van der Waals surface area contributed by atoms with Crippen molar-refractivity contribution in [3.05, 3.63) is 58.4 Å². The van der Waals surface area contributed by atoms with Gasteiger partial charge in [-0.3, -0.25) is 9.59 Å². The first kappa shape index (κ1) is 18.4. The highest BCUT2D eigenvalue weighted by Crippen LogP contribution is 2.28. The maximum absolute atomic E-state index is 12.7. The van der Waals surface area contributed by atoms with Gasteiger partial charge < -0.3 is 26.3 Å². The second-order valence-electron chi connectivity index (χ2n) is 7.60. The van der Waals surface area contributed by atoms with Gasteiger partial charge in [-0.2, -0.15) is 0 Å². The Labute approximate surface area is 171 Å². The summed E-state index contributed by atoms with van der Waals surface area (Å²) in [5.74, 6) is 0.272. The molecule has 0 spiro atoms. The average Bonchev–Trinajstić information content (AvgIpc) is 3.17. The van der Waals surface area contributed by atoms with Crippen LogP contribution in [0.1, 0.15) is 23.2 Å². The predicted molar refractivity (Wildman–Crippen MR) is 117 cm³/mol. The van der Waals surface area contributed by atoms with Crippen LogP contribution in [0, 0.1) is 0 Å². The van der Waals surface area contributed by atoms with E-state index in [9.17, 15) is 9.59 Å². The van der Waals surface area contributed by atoms with Crippen molar-refractivity contribution in [2.75, 3.05) is 18.8 Å². The van der Waals surface area contributed by atoms with E-state index in [0.29, 0.717) is 39.2 Å². The van der Waals surface area contributed by atoms with Crippen LogP contribution >= 0.6 is 0 Å². The van der Waals surface area contributed by atoms with E-state index in [4.69, 9.17) is 5.73 Å². The number of nitrogens with zero attached hydrogens (tertiary/aromatic N) is 1. The summed E-state index contributed by atoms with van der Waals surface area (Å²) < 4.78 is 0. The van der Waals surface area contributed by atoms with Crippen LogP contribution in [-0.4, -0.2) is 40.0 Å². The van der Waals surface area contributed by atoms with Gasteiger partial charge >= 0.3 is 0 Å². The molecule has 8 heteroatoms. The van der Waals surface area contributed by atoms with Crippen LogP contribution in [0.15, 0.2) is 47.3 Å². The number of pyridine rings is 1. The molecule has 0 saturated carbocycles. The molecule has 1 fully saturated rings. The number of H-pyrrole nitrogens is 2. The Balaban J connectivity index is 1.51. The van der Waals surface area contributed by atoms with Crippen LogP contribution in [0.3, 0.4) is 0 Å². The molecule has 1 saturated heterocycles. The van der Waals surface area contributed by atoms with Crippen LogP contribution in [-0.2, 0) is 0 Å². The van der Waals surface area contributed by atoms with Gasteiger partial charge in [0.2, 0.25) is 0 Å². The molecule has 3 heterocycles. The van der Waals surface area contributed by atoms with Gasteiger partial charge in [0.25, 0.3) is 11.5 Å². The molecule has 1 amide bonds. The monoisotopic (exact) mass is 402 g/mol. The van der Waals surface area contributed by atoms with Gasteiger partial charge in [0.05, 0.1) is 22.2 Å². The number of fused-ring (bicyclic) bond motifs is 2. The van der Waals surface area contributed by atoms with Crippen molar-refractivity contribution >= 4 is 33.5 Å². The minimum atomic E-state index is -0.311. The molecule has 2 aromatic heterocycles. The van der Waals surface area contributed by atoms with Gasteiger partial charge in [0.1, 0.15) is 11.4 Å². The molecule has 0 aliphatic carbocycles. The summed E-state index contributed by atoms with van der Waals surface area (Å²) in [5.41, 5.74) is 9.23. The number of amides is 1. The molecule has 4 aromatic rings. The van der Waals surface area contributed by atoms with Crippen molar-refractivity contribution in [2.24, 2.45) is 0 Å². The number of hydrogen-bond acceptors (Lipinski definition) is 5. The van der Waals surface area contributed by atoms with E-state index in [0.717, 1.165) is 31.3 Å². The van der Waals surface area contributed by atoms with Gasteiger partial charge in [-0.25, -0.2) is 4.98 Å². The van der Waals surface area contributed by atoms with Crippen molar-refractivity contribution in [1.82, 2.24) is 25.6 Å². The highest BCUT2D eigenvalue weighted by atomic mass is 16.1. The van der Waals surface area contributed by atoms with Crippen molar-refractivity contribution in [3.8, 4) is 11.4 Å². The highest BCUT2D eigenvalue weighted by molar-refractivity contribution is 5.99. The third-order valence-electron chi connectivity index (χ3n) is 5.62. The summed E-state index contributed by atoms with van der Waals surface area (Å²) in [6.45, 7) is 1.82. The molecule has 5 rings (SSSR count). The van der Waals surface area contributed by atoms with Crippen molar-refractivity contribution in [3.63, 3.8) is 0 Å². The molecule has 30 heavy (non-hydrogen) atoms. The van der Waals surface area contributed by atoms with Crippen molar-refractivity contribution < 1.29 is 4.79 Å². The largest absolute Gasteiger partial charge is 0.397 e. The molecule has 2 aromatic carbocycles. The average molecular weight is 402 g/mol. The smallest absolute Gasteiger partial charge is 0.261 e. The molecule has 0 radical (unpaired) electrons. The number of anilines is 1. The number of aromatic amines is 2. The van der Waals surface area contributed by atoms with Gasteiger partial charge in [-0.1, -0.05) is 18.2 Å². The summed E-state index contributed by atoms with van der Waals surface area (Å²) in [7, 11) is 0. The van der Waals surface area contributed by atoms with E-state index >= 15 is 0 Å². The Kier molecular flexibility index (Phi) is 4.48. The van der Waals surface area contributed by atoms with E-state index in [1.54, 1.807) is 18.2 Å². The molecular formula is C22H22N6O2. The lowest BCUT2D eigenvalue weighted by Gasteiger charge is -2.23. The molecule has 1 aliphatic rings. The molecule has 152 valence electrons. The maximum Gasteiger partial charge on any atom is 0.261 e. The summed E-state index contributed by atoms with van der Waals surface area (Å²) in [6.07, 6.45) is 1.85. The van der Waals surface area contributed by atoms with E-state index in [1.165, 1.54) is 0 Å². The highest BCUT2D eigenvalue weighted by Gasteiger charge is 2.19. The molecule has 8 nitrogen and oxygen atoms in total. The first-order valence-electron chi connectivity index (χ1n) is 10.0. The SMILES string of the molecule is Nc1c(-c2nc3ccc(C(=O)NC4CCNCC4)cc3[nH]2)c(=O)[nH]c2ccccc12. The number of aromatic nitrogens is 3. The maximum atomic E-state index is 12.7. The summed E-state index contributed by atoms with van der Waals surface area (Å²) in [4.78, 5) is 35.9. The minimum Gasteiger partial charge on any atom is -0.397 e. The Bertz CT molecular complexity index is 1320. The first-order chi connectivity index (χ1) is 14.6.